The van der Waals surface area contributed by atoms with Crippen molar-refractivity contribution in [3.05, 3.63) is 52.8 Å². The van der Waals surface area contributed by atoms with Crippen LogP contribution in [0.1, 0.15) is 5.56 Å². The first-order chi connectivity index (χ1) is 6.86. The second kappa shape index (κ2) is 4.42. The molecule has 0 spiro atoms. The lowest BCUT2D eigenvalue weighted by molar-refractivity contribution is 0.603. The van der Waals surface area contributed by atoms with Gasteiger partial charge < -0.3 is 0 Å². The molecule has 0 bridgehead atoms. The Morgan fingerprint density at radius 2 is 1.93 bits per heavy atom. The van der Waals surface area contributed by atoms with Gasteiger partial charge in [0.05, 0.1) is 6.20 Å². The third-order valence-corrected chi connectivity index (χ3v) is 2.79. The van der Waals surface area contributed by atoms with Gasteiger partial charge in [-0.1, -0.05) is 30.3 Å². The van der Waals surface area contributed by atoms with Crippen LogP contribution in [0.2, 0.25) is 0 Å². The van der Waals surface area contributed by atoms with E-state index in [0.29, 0.717) is 0 Å². The predicted molar refractivity (Wildman–Crippen MR) is 60.1 cm³/mol. The largest absolute Gasteiger partial charge is 0.258 e. The van der Waals surface area contributed by atoms with Crippen LogP contribution in [0.25, 0.3) is 0 Å². The van der Waals surface area contributed by atoms with Gasteiger partial charge in [-0.05, 0) is 34.0 Å². The van der Waals surface area contributed by atoms with Crippen LogP contribution in [0.3, 0.4) is 0 Å². The van der Waals surface area contributed by atoms with Gasteiger partial charge in [0.15, 0.2) is 0 Å². The molecule has 0 radical (unpaired) electrons. The van der Waals surface area contributed by atoms with E-state index in [1.807, 2.05) is 16.8 Å². The van der Waals surface area contributed by atoms with E-state index in [1.54, 1.807) is 6.20 Å². The first kappa shape index (κ1) is 9.46. The molecule has 0 aliphatic rings. The molecule has 1 aromatic carbocycles. The van der Waals surface area contributed by atoms with Crippen molar-refractivity contribution in [1.29, 1.82) is 0 Å². The van der Waals surface area contributed by atoms with Crippen LogP contribution < -0.4 is 0 Å². The number of aryl methyl sites for hydroxylation is 2. The van der Waals surface area contributed by atoms with E-state index in [0.717, 1.165) is 17.6 Å². The van der Waals surface area contributed by atoms with Crippen molar-refractivity contribution < 1.29 is 0 Å². The van der Waals surface area contributed by atoms with E-state index in [1.165, 1.54) is 5.56 Å². The topological polar surface area (TPSA) is 17.8 Å². The van der Waals surface area contributed by atoms with E-state index < -0.39 is 0 Å². The van der Waals surface area contributed by atoms with Crippen molar-refractivity contribution >= 4 is 15.9 Å². The Bertz CT molecular complexity index is 395. The molecule has 0 fully saturated rings. The third kappa shape index (κ3) is 2.23. The Balaban J connectivity index is 1.99. The fraction of sp³-hybridized carbons (Fsp3) is 0.182. The molecule has 2 rings (SSSR count). The van der Waals surface area contributed by atoms with Gasteiger partial charge in [0, 0.05) is 6.54 Å². The standard InChI is InChI=1S/C11H11BrN2/c12-11-6-8-13-14(11)9-7-10-4-2-1-3-5-10/h1-6,8H,7,9H2. The minimum absolute atomic E-state index is 0.914. The summed E-state index contributed by atoms with van der Waals surface area (Å²) in [5.41, 5.74) is 1.34. The van der Waals surface area contributed by atoms with Gasteiger partial charge in [0.1, 0.15) is 4.60 Å². The van der Waals surface area contributed by atoms with E-state index in [-0.39, 0.29) is 0 Å². The zero-order valence-corrected chi connectivity index (χ0v) is 9.31. The molecule has 2 nitrogen and oxygen atoms in total. The Morgan fingerprint density at radius 1 is 1.14 bits per heavy atom. The van der Waals surface area contributed by atoms with Gasteiger partial charge in [-0.15, -0.1) is 0 Å². The van der Waals surface area contributed by atoms with E-state index >= 15 is 0 Å². The Labute approximate surface area is 91.7 Å². The van der Waals surface area contributed by atoms with Crippen LogP contribution in [0.15, 0.2) is 47.2 Å². The Morgan fingerprint density at radius 3 is 2.57 bits per heavy atom. The average molecular weight is 251 g/mol. The number of halogens is 1. The maximum absolute atomic E-state index is 4.20. The van der Waals surface area contributed by atoms with Crippen molar-refractivity contribution in [1.82, 2.24) is 9.78 Å². The van der Waals surface area contributed by atoms with Gasteiger partial charge in [-0.2, -0.15) is 5.10 Å². The van der Waals surface area contributed by atoms with Crippen LogP contribution >= 0.6 is 15.9 Å². The summed E-state index contributed by atoms with van der Waals surface area (Å²) in [5.74, 6) is 0. The smallest absolute Gasteiger partial charge is 0.104 e. The number of nitrogens with zero attached hydrogens (tertiary/aromatic N) is 2. The van der Waals surface area contributed by atoms with Crippen LogP contribution in [-0.4, -0.2) is 9.78 Å². The number of hydrogen-bond donors (Lipinski definition) is 0. The van der Waals surface area contributed by atoms with Gasteiger partial charge in [0.25, 0.3) is 0 Å². The van der Waals surface area contributed by atoms with Crippen molar-refractivity contribution in [2.24, 2.45) is 0 Å². The molecule has 3 heteroatoms. The SMILES string of the molecule is Brc1ccnn1CCc1ccccc1. The van der Waals surface area contributed by atoms with E-state index in [4.69, 9.17) is 0 Å². The molecule has 0 saturated heterocycles. The summed E-state index contributed by atoms with van der Waals surface area (Å²) < 4.78 is 2.99. The summed E-state index contributed by atoms with van der Waals surface area (Å²) in [5, 5.41) is 4.20. The molecule has 0 aliphatic heterocycles. The first-order valence-electron chi connectivity index (χ1n) is 4.57. The molecule has 1 aromatic heterocycles. The molecule has 2 aromatic rings. The molecule has 0 atom stereocenters. The van der Waals surface area contributed by atoms with E-state index in [9.17, 15) is 0 Å². The number of hydrogen-bond acceptors (Lipinski definition) is 1. The summed E-state index contributed by atoms with van der Waals surface area (Å²) in [6.45, 7) is 0.914. The molecule has 0 saturated carbocycles. The number of aromatic nitrogens is 2. The summed E-state index contributed by atoms with van der Waals surface area (Å²) >= 11 is 3.44. The van der Waals surface area contributed by atoms with Crippen LogP contribution in [0.4, 0.5) is 0 Å². The molecule has 1 heterocycles. The molecule has 0 unspecified atom stereocenters. The fourth-order valence-electron chi connectivity index (χ4n) is 1.36. The number of benzene rings is 1. The van der Waals surface area contributed by atoms with Crippen molar-refractivity contribution in [3.8, 4) is 0 Å². The second-order valence-electron chi connectivity index (χ2n) is 3.11. The van der Waals surface area contributed by atoms with Gasteiger partial charge in [0.2, 0.25) is 0 Å². The average Bonchev–Trinajstić information content (AvgIpc) is 2.63. The molecule has 14 heavy (non-hydrogen) atoms. The van der Waals surface area contributed by atoms with Crippen molar-refractivity contribution in [3.63, 3.8) is 0 Å². The first-order valence-corrected chi connectivity index (χ1v) is 5.37. The maximum atomic E-state index is 4.20. The minimum atomic E-state index is 0.914. The van der Waals surface area contributed by atoms with E-state index in [2.05, 4.69) is 45.3 Å². The molecular weight excluding hydrogens is 240 g/mol. The molecular formula is C11H11BrN2. The van der Waals surface area contributed by atoms with Gasteiger partial charge in [-0.3, -0.25) is 4.68 Å². The highest BCUT2D eigenvalue weighted by Crippen LogP contribution is 2.09. The lowest BCUT2D eigenvalue weighted by atomic mass is 10.2. The highest BCUT2D eigenvalue weighted by atomic mass is 79.9. The van der Waals surface area contributed by atoms with Gasteiger partial charge >= 0.3 is 0 Å². The lowest BCUT2D eigenvalue weighted by Gasteiger charge is -2.03. The Hall–Kier alpha value is -1.09. The predicted octanol–water partition coefficient (Wildman–Crippen LogP) is 2.89. The molecule has 0 amide bonds. The van der Waals surface area contributed by atoms with Crippen LogP contribution in [0, 0.1) is 0 Å². The summed E-state index contributed by atoms with van der Waals surface area (Å²) in [6, 6.07) is 12.4. The highest BCUT2D eigenvalue weighted by molar-refractivity contribution is 9.10. The summed E-state index contributed by atoms with van der Waals surface area (Å²) in [6.07, 6.45) is 2.82. The molecule has 0 N–H and O–H groups in total. The third-order valence-electron chi connectivity index (χ3n) is 2.12. The second-order valence-corrected chi connectivity index (χ2v) is 3.93. The van der Waals surface area contributed by atoms with Gasteiger partial charge in [-0.25, -0.2) is 0 Å². The zero-order chi connectivity index (χ0) is 9.80. The summed E-state index contributed by atoms with van der Waals surface area (Å²) in [7, 11) is 0. The normalized spacial score (nSPS) is 10.4. The molecule has 72 valence electrons. The fourth-order valence-corrected chi connectivity index (χ4v) is 1.75. The lowest BCUT2D eigenvalue weighted by Crippen LogP contribution is -2.02. The highest BCUT2D eigenvalue weighted by Gasteiger charge is 1.98. The Kier molecular flexibility index (Phi) is 2.99. The van der Waals surface area contributed by atoms with Crippen molar-refractivity contribution in [2.45, 2.75) is 13.0 Å². The van der Waals surface area contributed by atoms with Crippen molar-refractivity contribution in [2.75, 3.05) is 0 Å². The van der Waals surface area contributed by atoms with Crippen LogP contribution in [-0.2, 0) is 13.0 Å². The quantitative estimate of drug-likeness (QED) is 0.820. The molecule has 0 aliphatic carbocycles. The summed E-state index contributed by atoms with van der Waals surface area (Å²) in [4.78, 5) is 0. The monoisotopic (exact) mass is 250 g/mol. The van der Waals surface area contributed by atoms with Crippen LogP contribution in [0.5, 0.6) is 0 Å². The minimum Gasteiger partial charge on any atom is -0.258 e. The maximum Gasteiger partial charge on any atom is 0.104 e. The zero-order valence-electron chi connectivity index (χ0n) is 7.73. The number of rotatable bonds is 3.